The molecule has 2 aliphatic heterocycles. The quantitative estimate of drug-likeness (QED) is 0.106. The highest BCUT2D eigenvalue weighted by Gasteiger charge is 2.18. The monoisotopic (exact) mass is 672 g/mol. The van der Waals surface area contributed by atoms with Gasteiger partial charge < -0.3 is 29.6 Å². The molecule has 50 heavy (non-hydrogen) atoms. The Morgan fingerprint density at radius 1 is 0.520 bits per heavy atom. The highest BCUT2D eigenvalue weighted by atomic mass is 16.7. The number of benzene rings is 4. The van der Waals surface area contributed by atoms with Crippen molar-refractivity contribution in [3.63, 3.8) is 0 Å². The molecule has 4 aromatic rings. The number of ether oxygens (including phenoxy) is 4. The van der Waals surface area contributed by atoms with Crippen LogP contribution in [0.5, 0.6) is 23.0 Å². The van der Waals surface area contributed by atoms with Crippen LogP contribution in [0.15, 0.2) is 119 Å². The van der Waals surface area contributed by atoms with E-state index in [0.717, 1.165) is 12.4 Å². The molecule has 0 fully saturated rings. The van der Waals surface area contributed by atoms with Crippen molar-refractivity contribution < 1.29 is 38.1 Å². The molecule has 0 unspecified atom stereocenters. The van der Waals surface area contributed by atoms with Crippen molar-refractivity contribution in [3.8, 4) is 23.0 Å². The van der Waals surface area contributed by atoms with Gasteiger partial charge in [0.15, 0.2) is 23.0 Å². The third kappa shape index (κ3) is 8.38. The van der Waals surface area contributed by atoms with Gasteiger partial charge >= 0.3 is 0 Å². The number of rotatable bonds is 11. The van der Waals surface area contributed by atoms with E-state index in [-0.39, 0.29) is 25.0 Å². The summed E-state index contributed by atoms with van der Waals surface area (Å²) in [6.07, 6.45) is 5.14. The van der Waals surface area contributed by atoms with Gasteiger partial charge in [0, 0.05) is 11.1 Å². The molecule has 0 bridgehead atoms. The second-order valence-corrected chi connectivity index (χ2v) is 10.4. The summed E-state index contributed by atoms with van der Waals surface area (Å²) in [4.78, 5) is 51.9. The average Bonchev–Trinajstić information content (AvgIpc) is 3.82. The predicted octanol–water partition coefficient (Wildman–Crippen LogP) is 3.59. The van der Waals surface area contributed by atoms with Crippen LogP contribution in [-0.4, -0.2) is 49.6 Å². The maximum atomic E-state index is 13.1. The van der Waals surface area contributed by atoms with Crippen LogP contribution in [0.2, 0.25) is 0 Å². The predicted molar refractivity (Wildman–Crippen MR) is 182 cm³/mol. The Balaban J connectivity index is 1.12. The van der Waals surface area contributed by atoms with Crippen molar-refractivity contribution in [3.05, 3.63) is 131 Å². The van der Waals surface area contributed by atoms with E-state index in [1.54, 1.807) is 97.1 Å². The summed E-state index contributed by atoms with van der Waals surface area (Å²) in [5, 5.41) is 12.9. The molecule has 250 valence electrons. The van der Waals surface area contributed by atoms with E-state index in [4.69, 9.17) is 18.9 Å². The van der Waals surface area contributed by atoms with Gasteiger partial charge in [-0.15, -0.1) is 0 Å². The van der Waals surface area contributed by atoms with Crippen LogP contribution >= 0.6 is 0 Å². The van der Waals surface area contributed by atoms with Crippen LogP contribution in [0.1, 0.15) is 31.8 Å². The largest absolute Gasteiger partial charge is 0.454 e. The molecule has 0 aliphatic carbocycles. The summed E-state index contributed by atoms with van der Waals surface area (Å²) in [7, 11) is 0. The van der Waals surface area contributed by atoms with Crippen LogP contribution in [-0.2, 0) is 9.59 Å². The summed E-state index contributed by atoms with van der Waals surface area (Å²) < 4.78 is 21.5. The fourth-order valence-corrected chi connectivity index (χ4v) is 4.60. The highest BCUT2D eigenvalue weighted by Crippen LogP contribution is 2.34. The number of hydrazone groups is 2. The van der Waals surface area contributed by atoms with E-state index in [1.165, 1.54) is 12.2 Å². The summed E-state index contributed by atoms with van der Waals surface area (Å²) in [6.45, 7) is 0.161. The number of nitrogens with zero attached hydrogens (tertiary/aromatic N) is 2. The summed E-state index contributed by atoms with van der Waals surface area (Å²) in [5.74, 6) is -0.375. The third-order valence-electron chi connectivity index (χ3n) is 7.02. The SMILES string of the molecule is O=C(NN=CC=NNC(=O)C(=Cc1ccc2c(c1)OCO2)NC(=O)c1ccccc1)C(=Cc1ccc2c(c1)OCO2)NC(=O)c1ccccc1. The summed E-state index contributed by atoms with van der Waals surface area (Å²) in [5.41, 5.74) is 6.23. The Labute approximate surface area is 285 Å². The second kappa shape index (κ2) is 15.6. The lowest BCUT2D eigenvalue weighted by Crippen LogP contribution is -2.33. The van der Waals surface area contributed by atoms with Crippen molar-refractivity contribution in [2.75, 3.05) is 13.6 Å². The van der Waals surface area contributed by atoms with E-state index in [9.17, 15) is 19.2 Å². The van der Waals surface area contributed by atoms with Gasteiger partial charge in [-0.2, -0.15) is 10.2 Å². The lowest BCUT2D eigenvalue weighted by Gasteiger charge is -2.09. The maximum absolute atomic E-state index is 13.1. The van der Waals surface area contributed by atoms with Crippen LogP contribution < -0.4 is 40.4 Å². The molecule has 0 saturated heterocycles. The Morgan fingerprint density at radius 2 is 0.920 bits per heavy atom. The molecule has 0 aromatic heterocycles. The van der Waals surface area contributed by atoms with Gasteiger partial charge in [-0.1, -0.05) is 48.5 Å². The number of hydrogen-bond acceptors (Lipinski definition) is 10. The molecule has 0 atom stereocenters. The van der Waals surface area contributed by atoms with Crippen LogP contribution in [0.25, 0.3) is 12.2 Å². The standard InChI is InChI=1S/C36H28N6O8/c43-33(25-7-3-1-4-8-25)39-27(17-23-11-13-29-31(19-23)49-21-47-29)35(45)41-37-15-16-38-42-36(46)28(40-34(44)26-9-5-2-6-10-26)18-24-12-14-30-32(20-24)50-22-48-30/h1-20H,21-22H2,(H,39,43)(H,40,44)(H,41,45)(H,42,46). The Hall–Kier alpha value is -7.22. The van der Waals surface area contributed by atoms with Gasteiger partial charge in [0.25, 0.3) is 23.6 Å². The minimum atomic E-state index is -0.738. The van der Waals surface area contributed by atoms with E-state index in [2.05, 4.69) is 31.7 Å². The molecule has 6 rings (SSSR count). The first-order valence-corrected chi connectivity index (χ1v) is 15.0. The van der Waals surface area contributed by atoms with Crippen molar-refractivity contribution in [1.29, 1.82) is 0 Å². The van der Waals surface area contributed by atoms with E-state index in [1.807, 2.05) is 0 Å². The zero-order chi connectivity index (χ0) is 34.7. The van der Waals surface area contributed by atoms with Gasteiger partial charge in [0.1, 0.15) is 11.4 Å². The van der Waals surface area contributed by atoms with Crippen LogP contribution in [0.3, 0.4) is 0 Å². The van der Waals surface area contributed by atoms with Crippen LogP contribution in [0, 0.1) is 0 Å². The molecule has 4 N–H and O–H groups in total. The molecular formula is C36H28N6O8. The highest BCUT2D eigenvalue weighted by molar-refractivity contribution is 6.17. The molecule has 2 heterocycles. The number of fused-ring (bicyclic) bond motifs is 2. The topological polar surface area (TPSA) is 178 Å². The zero-order valence-corrected chi connectivity index (χ0v) is 26.1. The van der Waals surface area contributed by atoms with Gasteiger partial charge in [-0.3, -0.25) is 19.2 Å². The van der Waals surface area contributed by atoms with E-state index >= 15 is 0 Å². The number of nitrogens with one attached hydrogen (secondary N) is 4. The smallest absolute Gasteiger partial charge is 0.287 e. The van der Waals surface area contributed by atoms with Crippen molar-refractivity contribution in [2.24, 2.45) is 10.2 Å². The zero-order valence-electron chi connectivity index (χ0n) is 26.1. The molecule has 0 spiro atoms. The fraction of sp³-hybridized carbons (Fsp3) is 0.0556. The lowest BCUT2D eigenvalue weighted by molar-refractivity contribution is -0.118. The fourth-order valence-electron chi connectivity index (χ4n) is 4.60. The number of hydrogen-bond donors (Lipinski definition) is 4. The molecule has 4 amide bonds. The van der Waals surface area contributed by atoms with Gasteiger partial charge in [0.05, 0.1) is 12.4 Å². The summed E-state index contributed by atoms with van der Waals surface area (Å²) in [6, 6.07) is 26.9. The molecule has 14 heteroatoms. The molecule has 2 aliphatic rings. The minimum absolute atomic E-state index is 0.0805. The Morgan fingerprint density at radius 3 is 1.34 bits per heavy atom. The summed E-state index contributed by atoms with van der Waals surface area (Å²) >= 11 is 0. The maximum Gasteiger partial charge on any atom is 0.287 e. The van der Waals surface area contributed by atoms with E-state index < -0.39 is 23.6 Å². The molecule has 14 nitrogen and oxygen atoms in total. The first-order chi connectivity index (χ1) is 24.4. The number of amides is 4. The van der Waals surface area contributed by atoms with E-state index in [0.29, 0.717) is 45.3 Å². The van der Waals surface area contributed by atoms with Gasteiger partial charge in [-0.05, 0) is 71.8 Å². The molecule has 0 radical (unpaired) electrons. The first-order valence-electron chi connectivity index (χ1n) is 15.0. The minimum Gasteiger partial charge on any atom is -0.454 e. The number of carbonyl (C=O) groups is 4. The van der Waals surface area contributed by atoms with Crippen molar-refractivity contribution >= 4 is 48.2 Å². The van der Waals surface area contributed by atoms with Crippen LogP contribution in [0.4, 0.5) is 0 Å². The molecule has 0 saturated carbocycles. The lowest BCUT2D eigenvalue weighted by atomic mass is 10.1. The second-order valence-electron chi connectivity index (χ2n) is 10.4. The third-order valence-corrected chi connectivity index (χ3v) is 7.02. The normalized spacial score (nSPS) is 13.3. The number of carbonyl (C=O) groups excluding carboxylic acids is 4. The van der Waals surface area contributed by atoms with Crippen molar-refractivity contribution in [2.45, 2.75) is 0 Å². The molecule has 4 aromatic carbocycles. The average molecular weight is 673 g/mol. The first kappa shape index (κ1) is 32.7. The van der Waals surface area contributed by atoms with Gasteiger partial charge in [-0.25, -0.2) is 10.9 Å². The Bertz CT molecular complexity index is 1900. The molecular weight excluding hydrogens is 644 g/mol. The van der Waals surface area contributed by atoms with Gasteiger partial charge in [0.2, 0.25) is 13.6 Å². The van der Waals surface area contributed by atoms with Crippen molar-refractivity contribution in [1.82, 2.24) is 21.5 Å². The Kier molecular flexibility index (Phi) is 10.2.